The highest BCUT2D eigenvalue weighted by Crippen LogP contribution is 2.32. The van der Waals surface area contributed by atoms with Gasteiger partial charge >= 0.3 is 18.4 Å². The zero-order valence-corrected chi connectivity index (χ0v) is 19.0. The topological polar surface area (TPSA) is 86.8 Å². The number of piperidine rings is 1. The van der Waals surface area contributed by atoms with Gasteiger partial charge in [-0.05, 0) is 43.9 Å². The average Bonchev–Trinajstić information content (AvgIpc) is 3.65. The van der Waals surface area contributed by atoms with Crippen LogP contribution in [0.25, 0.3) is 0 Å². The molecule has 13 heteroatoms. The SMILES string of the molecule is O=C(Nc1ccccn1)N1CCCC(N(C(=O)NCc2cc(F)c(OC(F)(F)F)cc2F)C2CC2)C1. The van der Waals surface area contributed by atoms with Crippen molar-refractivity contribution < 1.29 is 36.3 Å². The van der Waals surface area contributed by atoms with Crippen LogP contribution in [0.4, 0.5) is 37.4 Å². The van der Waals surface area contributed by atoms with Gasteiger partial charge in [0.05, 0.1) is 6.04 Å². The van der Waals surface area contributed by atoms with E-state index in [1.807, 2.05) is 0 Å². The molecule has 194 valence electrons. The van der Waals surface area contributed by atoms with Crippen molar-refractivity contribution in [2.45, 2.75) is 50.7 Å². The summed E-state index contributed by atoms with van der Waals surface area (Å²) in [7, 11) is 0. The maximum atomic E-state index is 14.3. The van der Waals surface area contributed by atoms with Crippen molar-refractivity contribution in [3.8, 4) is 5.75 Å². The second-order valence-electron chi connectivity index (χ2n) is 8.61. The van der Waals surface area contributed by atoms with Crippen LogP contribution >= 0.6 is 0 Å². The minimum Gasteiger partial charge on any atom is -0.403 e. The zero-order chi connectivity index (χ0) is 25.9. The number of nitrogens with zero attached hydrogens (tertiary/aromatic N) is 3. The lowest BCUT2D eigenvalue weighted by molar-refractivity contribution is -0.275. The molecule has 0 spiro atoms. The zero-order valence-electron chi connectivity index (χ0n) is 19.0. The largest absolute Gasteiger partial charge is 0.573 e. The highest BCUT2D eigenvalue weighted by molar-refractivity contribution is 5.88. The van der Waals surface area contributed by atoms with Gasteiger partial charge in [-0.15, -0.1) is 13.2 Å². The quantitative estimate of drug-likeness (QED) is 0.552. The summed E-state index contributed by atoms with van der Waals surface area (Å²) in [5.74, 6) is -3.44. The molecule has 2 fully saturated rings. The third-order valence-electron chi connectivity index (χ3n) is 5.91. The molecule has 0 radical (unpaired) electrons. The van der Waals surface area contributed by atoms with Crippen molar-refractivity contribution in [1.82, 2.24) is 20.1 Å². The van der Waals surface area contributed by atoms with Crippen LogP contribution in [0.5, 0.6) is 5.75 Å². The molecule has 8 nitrogen and oxygen atoms in total. The number of ether oxygens (including phenoxy) is 1. The molecule has 0 bridgehead atoms. The summed E-state index contributed by atoms with van der Waals surface area (Å²) in [4.78, 5) is 33.0. The van der Waals surface area contributed by atoms with Gasteiger partial charge in [-0.2, -0.15) is 0 Å². The fourth-order valence-corrected chi connectivity index (χ4v) is 4.14. The molecule has 1 aliphatic carbocycles. The van der Waals surface area contributed by atoms with Crippen molar-refractivity contribution in [2.75, 3.05) is 18.4 Å². The molecule has 1 unspecified atom stereocenters. The molecule has 1 saturated carbocycles. The van der Waals surface area contributed by atoms with Crippen LogP contribution in [-0.2, 0) is 6.54 Å². The van der Waals surface area contributed by atoms with Gasteiger partial charge in [0.25, 0.3) is 0 Å². The van der Waals surface area contributed by atoms with Crippen molar-refractivity contribution in [3.05, 3.63) is 53.7 Å². The maximum absolute atomic E-state index is 14.3. The molecule has 2 N–H and O–H groups in total. The summed E-state index contributed by atoms with van der Waals surface area (Å²) >= 11 is 0. The number of nitrogens with one attached hydrogen (secondary N) is 2. The number of amides is 4. The average molecular weight is 513 g/mol. The molecule has 1 aromatic heterocycles. The van der Waals surface area contributed by atoms with Gasteiger partial charge in [0.1, 0.15) is 11.6 Å². The Balaban J connectivity index is 1.38. The molecule has 1 aromatic carbocycles. The number of benzene rings is 1. The first-order chi connectivity index (χ1) is 17.1. The number of anilines is 1. The molecule has 2 heterocycles. The smallest absolute Gasteiger partial charge is 0.403 e. The number of hydrogen-bond donors (Lipinski definition) is 2. The summed E-state index contributed by atoms with van der Waals surface area (Å²) in [5.41, 5.74) is -0.328. The summed E-state index contributed by atoms with van der Waals surface area (Å²) in [6, 6.07) is 4.79. The minimum absolute atomic E-state index is 0.0436. The fraction of sp³-hybridized carbons (Fsp3) is 0.435. The molecular formula is C23H24F5N5O3. The molecule has 4 rings (SSSR count). The number of halogens is 5. The Morgan fingerprint density at radius 1 is 1.11 bits per heavy atom. The van der Waals surface area contributed by atoms with E-state index in [0.717, 1.165) is 12.8 Å². The van der Waals surface area contributed by atoms with Gasteiger partial charge in [-0.1, -0.05) is 6.07 Å². The molecule has 1 aliphatic heterocycles. The van der Waals surface area contributed by atoms with E-state index in [-0.39, 0.29) is 30.2 Å². The molecule has 36 heavy (non-hydrogen) atoms. The Hall–Kier alpha value is -3.64. The second-order valence-corrected chi connectivity index (χ2v) is 8.61. The van der Waals surface area contributed by atoms with E-state index in [9.17, 15) is 31.5 Å². The van der Waals surface area contributed by atoms with Gasteiger partial charge in [0.2, 0.25) is 0 Å². The van der Waals surface area contributed by atoms with Crippen LogP contribution in [0, 0.1) is 11.6 Å². The first kappa shape index (κ1) is 25.5. The van der Waals surface area contributed by atoms with Gasteiger partial charge in [-0.25, -0.2) is 23.4 Å². The Morgan fingerprint density at radius 2 is 1.89 bits per heavy atom. The van der Waals surface area contributed by atoms with Crippen molar-refractivity contribution in [2.24, 2.45) is 0 Å². The highest BCUT2D eigenvalue weighted by Gasteiger charge is 2.40. The molecule has 1 atom stereocenters. The van der Waals surface area contributed by atoms with Crippen molar-refractivity contribution in [1.29, 1.82) is 0 Å². The monoisotopic (exact) mass is 513 g/mol. The number of likely N-dealkylation sites (tertiary alicyclic amines) is 1. The molecule has 2 aromatic rings. The van der Waals surface area contributed by atoms with Crippen LogP contribution < -0.4 is 15.4 Å². The molecule has 4 amide bonds. The van der Waals surface area contributed by atoms with Crippen molar-refractivity contribution >= 4 is 17.9 Å². The maximum Gasteiger partial charge on any atom is 0.573 e. The summed E-state index contributed by atoms with van der Waals surface area (Å²) in [6.07, 6.45) is -0.746. The van der Waals surface area contributed by atoms with E-state index in [0.29, 0.717) is 37.3 Å². The summed E-state index contributed by atoms with van der Waals surface area (Å²) in [6.45, 7) is 0.356. The van der Waals surface area contributed by atoms with Gasteiger partial charge in [-0.3, -0.25) is 5.32 Å². The minimum atomic E-state index is -5.17. The van der Waals surface area contributed by atoms with Crippen LogP contribution in [0.1, 0.15) is 31.2 Å². The number of urea groups is 2. The molecule has 2 aliphatic rings. The Bertz CT molecular complexity index is 1100. The van der Waals surface area contributed by atoms with Crippen LogP contribution in [0.15, 0.2) is 36.5 Å². The van der Waals surface area contributed by atoms with Crippen LogP contribution in [-0.4, -0.2) is 58.4 Å². The number of alkyl halides is 3. The van der Waals surface area contributed by atoms with E-state index in [2.05, 4.69) is 20.4 Å². The Labute approximate surface area is 203 Å². The van der Waals surface area contributed by atoms with E-state index in [1.54, 1.807) is 34.2 Å². The lowest BCUT2D eigenvalue weighted by atomic mass is 10.0. The number of carbonyl (C=O) groups is 2. The van der Waals surface area contributed by atoms with Crippen LogP contribution in [0.2, 0.25) is 0 Å². The molecule has 1 saturated heterocycles. The van der Waals surface area contributed by atoms with E-state index < -0.39 is 36.3 Å². The number of aromatic nitrogens is 1. The lowest BCUT2D eigenvalue weighted by Gasteiger charge is -2.39. The standard InChI is InChI=1S/C23H24F5N5O3/c24-17-11-19(36-23(26,27)28)18(25)10-14(17)12-30-21(34)33(15-6-7-15)16-4-3-9-32(13-16)22(35)31-20-5-1-2-8-29-20/h1-2,5,8,10-11,15-16H,3-4,6-7,9,12-13H2,(H,30,34)(H,29,31,35). The second kappa shape index (κ2) is 10.5. The Morgan fingerprint density at radius 3 is 2.56 bits per heavy atom. The first-order valence-electron chi connectivity index (χ1n) is 11.4. The van der Waals surface area contributed by atoms with Gasteiger partial charge in [0.15, 0.2) is 11.6 Å². The third kappa shape index (κ3) is 6.52. The van der Waals surface area contributed by atoms with Gasteiger partial charge < -0.3 is 19.9 Å². The number of carbonyl (C=O) groups excluding carboxylic acids is 2. The van der Waals surface area contributed by atoms with Crippen LogP contribution in [0.3, 0.4) is 0 Å². The van der Waals surface area contributed by atoms with Gasteiger partial charge in [0, 0.05) is 43.5 Å². The lowest BCUT2D eigenvalue weighted by Crippen LogP contribution is -2.55. The van der Waals surface area contributed by atoms with Crippen molar-refractivity contribution in [3.63, 3.8) is 0 Å². The number of rotatable bonds is 6. The normalized spacial score (nSPS) is 17.9. The third-order valence-corrected chi connectivity index (χ3v) is 5.91. The molecular weight excluding hydrogens is 489 g/mol. The first-order valence-corrected chi connectivity index (χ1v) is 11.4. The predicted octanol–water partition coefficient (Wildman–Crippen LogP) is 4.63. The predicted molar refractivity (Wildman–Crippen MR) is 118 cm³/mol. The van der Waals surface area contributed by atoms with E-state index >= 15 is 0 Å². The summed E-state index contributed by atoms with van der Waals surface area (Å²) < 4.78 is 68.7. The highest BCUT2D eigenvalue weighted by atomic mass is 19.4. The Kier molecular flexibility index (Phi) is 7.45. The van der Waals surface area contributed by atoms with E-state index in [4.69, 9.17) is 0 Å². The van der Waals surface area contributed by atoms with E-state index in [1.165, 1.54) is 0 Å². The number of pyridine rings is 1. The summed E-state index contributed by atoms with van der Waals surface area (Å²) in [5, 5.41) is 5.25. The fourth-order valence-electron chi connectivity index (χ4n) is 4.14. The number of hydrogen-bond acceptors (Lipinski definition) is 4.